The van der Waals surface area contributed by atoms with Crippen molar-refractivity contribution in [1.82, 2.24) is 4.90 Å². The van der Waals surface area contributed by atoms with Crippen molar-refractivity contribution in [2.24, 2.45) is 11.8 Å². The minimum Gasteiger partial charge on any atom is -0.302 e. The topological polar surface area (TPSA) is 3.24 Å². The number of benzene rings is 2. The highest BCUT2D eigenvalue weighted by molar-refractivity contribution is 5.32. The van der Waals surface area contributed by atoms with Crippen LogP contribution in [0.5, 0.6) is 0 Å². The Morgan fingerprint density at radius 3 is 1.74 bits per heavy atom. The molecule has 0 saturated carbocycles. The molecule has 1 aliphatic rings. The van der Waals surface area contributed by atoms with Crippen LogP contribution in [-0.4, -0.2) is 24.5 Å². The summed E-state index contributed by atoms with van der Waals surface area (Å²) in [4.78, 5) is 2.67. The quantitative estimate of drug-likeness (QED) is 0.735. The number of nitrogens with zero attached hydrogens (tertiary/aromatic N) is 1. The van der Waals surface area contributed by atoms with Gasteiger partial charge in [-0.15, -0.1) is 0 Å². The molecule has 0 N–H and O–H groups in total. The van der Waals surface area contributed by atoms with Crippen LogP contribution >= 0.6 is 0 Å². The average molecular weight is 307 g/mol. The summed E-state index contributed by atoms with van der Waals surface area (Å²) in [5.41, 5.74) is 2.87. The van der Waals surface area contributed by atoms with Crippen LogP contribution in [0.4, 0.5) is 0 Å². The number of piperidine rings is 1. The summed E-state index contributed by atoms with van der Waals surface area (Å²) in [6.45, 7) is 8.38. The molecule has 1 aliphatic heterocycles. The second kappa shape index (κ2) is 7.79. The van der Waals surface area contributed by atoms with Crippen LogP contribution in [0.25, 0.3) is 0 Å². The van der Waals surface area contributed by atoms with Crippen molar-refractivity contribution in [2.45, 2.75) is 32.6 Å². The maximum atomic E-state index is 2.67. The van der Waals surface area contributed by atoms with E-state index in [1.807, 2.05) is 0 Å². The monoisotopic (exact) mass is 307 g/mol. The molecule has 0 amide bonds. The molecule has 3 rings (SSSR count). The molecule has 2 aromatic rings. The number of likely N-dealkylation sites (tertiary alicyclic amines) is 1. The van der Waals surface area contributed by atoms with Gasteiger partial charge in [0.25, 0.3) is 0 Å². The summed E-state index contributed by atoms with van der Waals surface area (Å²) in [5.74, 6) is 2.22. The summed E-state index contributed by atoms with van der Waals surface area (Å²) in [6, 6.07) is 22.0. The van der Waals surface area contributed by atoms with Gasteiger partial charge in [-0.1, -0.05) is 74.5 Å². The Hall–Kier alpha value is -1.60. The van der Waals surface area contributed by atoms with Gasteiger partial charge in [0.05, 0.1) is 0 Å². The van der Waals surface area contributed by atoms with E-state index in [4.69, 9.17) is 0 Å². The van der Waals surface area contributed by atoms with Crippen LogP contribution in [0.2, 0.25) is 0 Å². The minimum absolute atomic E-state index is 0.480. The third-order valence-electron chi connectivity index (χ3n) is 5.42. The Balaban J connectivity index is 1.73. The van der Waals surface area contributed by atoms with E-state index in [-0.39, 0.29) is 0 Å². The lowest BCUT2D eigenvalue weighted by atomic mass is 9.85. The summed E-state index contributed by atoms with van der Waals surface area (Å²) < 4.78 is 0. The first-order valence-electron chi connectivity index (χ1n) is 9.06. The van der Waals surface area contributed by atoms with E-state index in [9.17, 15) is 0 Å². The molecule has 0 bridgehead atoms. The maximum absolute atomic E-state index is 2.67. The Morgan fingerprint density at radius 2 is 1.30 bits per heavy atom. The number of rotatable bonds is 5. The first kappa shape index (κ1) is 16.3. The zero-order valence-electron chi connectivity index (χ0n) is 14.5. The Bertz CT molecular complexity index is 528. The third-order valence-corrected chi connectivity index (χ3v) is 5.42. The molecule has 0 aromatic heterocycles. The van der Waals surface area contributed by atoms with Gasteiger partial charge in [0.1, 0.15) is 0 Å². The van der Waals surface area contributed by atoms with Crippen LogP contribution in [0.1, 0.15) is 43.7 Å². The Morgan fingerprint density at radius 1 is 0.826 bits per heavy atom. The van der Waals surface area contributed by atoms with Crippen molar-refractivity contribution in [3.63, 3.8) is 0 Å². The van der Waals surface area contributed by atoms with Gasteiger partial charge < -0.3 is 4.90 Å². The summed E-state index contributed by atoms with van der Waals surface area (Å²) in [5, 5.41) is 0. The van der Waals surface area contributed by atoms with Crippen molar-refractivity contribution in [2.75, 3.05) is 19.6 Å². The van der Waals surface area contributed by atoms with E-state index >= 15 is 0 Å². The third kappa shape index (κ3) is 4.23. The Labute approximate surface area is 141 Å². The highest BCUT2D eigenvalue weighted by atomic mass is 15.1. The van der Waals surface area contributed by atoms with Gasteiger partial charge >= 0.3 is 0 Å². The smallest absolute Gasteiger partial charge is 0.0217 e. The zero-order chi connectivity index (χ0) is 16.1. The van der Waals surface area contributed by atoms with E-state index in [0.717, 1.165) is 18.4 Å². The van der Waals surface area contributed by atoms with Crippen molar-refractivity contribution >= 4 is 0 Å². The zero-order valence-corrected chi connectivity index (χ0v) is 14.5. The van der Waals surface area contributed by atoms with Gasteiger partial charge in [-0.05, 0) is 48.9 Å². The molecular weight excluding hydrogens is 278 g/mol. The minimum atomic E-state index is 0.480. The highest BCUT2D eigenvalue weighted by Gasteiger charge is 2.24. The first-order chi connectivity index (χ1) is 11.2. The molecular formula is C22H29N. The summed E-state index contributed by atoms with van der Waals surface area (Å²) in [6.07, 6.45) is 2.71. The average Bonchev–Trinajstić information content (AvgIpc) is 2.61. The first-order valence-corrected chi connectivity index (χ1v) is 9.06. The second-order valence-electron chi connectivity index (χ2n) is 7.26. The van der Waals surface area contributed by atoms with E-state index in [1.54, 1.807) is 0 Å². The van der Waals surface area contributed by atoms with E-state index in [2.05, 4.69) is 79.4 Å². The van der Waals surface area contributed by atoms with Crippen molar-refractivity contribution < 1.29 is 0 Å². The fourth-order valence-electron chi connectivity index (χ4n) is 3.83. The standard InChI is InChI=1S/C22H29N/c1-18(2)19-13-15-23(16-14-19)17-22(20-9-5-3-6-10-20)21-11-7-4-8-12-21/h3-12,18-19,22H,13-17H2,1-2H3. The van der Waals surface area contributed by atoms with Crippen LogP contribution in [-0.2, 0) is 0 Å². The van der Waals surface area contributed by atoms with E-state index in [0.29, 0.717) is 5.92 Å². The normalized spacial score (nSPS) is 17.0. The largest absolute Gasteiger partial charge is 0.302 e. The lowest BCUT2D eigenvalue weighted by Gasteiger charge is -2.36. The predicted molar refractivity (Wildman–Crippen MR) is 98.7 cm³/mol. The molecule has 0 spiro atoms. The number of hydrogen-bond acceptors (Lipinski definition) is 1. The maximum Gasteiger partial charge on any atom is 0.0217 e. The van der Waals surface area contributed by atoms with Crippen molar-refractivity contribution in [1.29, 1.82) is 0 Å². The molecule has 2 aromatic carbocycles. The number of hydrogen-bond donors (Lipinski definition) is 0. The van der Waals surface area contributed by atoms with Crippen molar-refractivity contribution in [3.8, 4) is 0 Å². The highest BCUT2D eigenvalue weighted by Crippen LogP contribution is 2.29. The Kier molecular flexibility index (Phi) is 5.51. The molecule has 1 fully saturated rings. The summed E-state index contributed by atoms with van der Waals surface area (Å²) in [7, 11) is 0. The van der Waals surface area contributed by atoms with Gasteiger partial charge in [-0.25, -0.2) is 0 Å². The van der Waals surface area contributed by atoms with Crippen molar-refractivity contribution in [3.05, 3.63) is 71.8 Å². The molecule has 1 saturated heterocycles. The lowest BCUT2D eigenvalue weighted by Crippen LogP contribution is -2.38. The van der Waals surface area contributed by atoms with Gasteiger partial charge in [-0.2, -0.15) is 0 Å². The van der Waals surface area contributed by atoms with E-state index < -0.39 is 0 Å². The fraction of sp³-hybridized carbons (Fsp3) is 0.455. The van der Waals surface area contributed by atoms with Gasteiger partial charge in [0.2, 0.25) is 0 Å². The van der Waals surface area contributed by atoms with Gasteiger partial charge in [0.15, 0.2) is 0 Å². The predicted octanol–water partition coefficient (Wildman–Crippen LogP) is 5.19. The van der Waals surface area contributed by atoms with Crippen LogP contribution < -0.4 is 0 Å². The molecule has 0 aliphatic carbocycles. The molecule has 0 unspecified atom stereocenters. The molecule has 1 heterocycles. The van der Waals surface area contributed by atoms with Gasteiger partial charge in [-0.3, -0.25) is 0 Å². The second-order valence-corrected chi connectivity index (χ2v) is 7.26. The van der Waals surface area contributed by atoms with Crippen LogP contribution in [0.15, 0.2) is 60.7 Å². The fourth-order valence-corrected chi connectivity index (χ4v) is 3.83. The molecule has 1 nitrogen and oxygen atoms in total. The van der Waals surface area contributed by atoms with E-state index in [1.165, 1.54) is 37.1 Å². The van der Waals surface area contributed by atoms with Crippen LogP contribution in [0.3, 0.4) is 0 Å². The SMILES string of the molecule is CC(C)C1CCN(CC(c2ccccc2)c2ccccc2)CC1. The molecule has 122 valence electrons. The molecule has 1 heteroatoms. The molecule has 0 atom stereocenters. The lowest BCUT2D eigenvalue weighted by molar-refractivity contribution is 0.154. The molecule has 23 heavy (non-hydrogen) atoms. The summed E-state index contributed by atoms with van der Waals surface area (Å²) >= 11 is 0. The van der Waals surface area contributed by atoms with Gasteiger partial charge in [0, 0.05) is 12.5 Å². The van der Waals surface area contributed by atoms with Crippen LogP contribution in [0, 0.1) is 11.8 Å². The molecule has 0 radical (unpaired) electrons.